The molecule has 0 aliphatic heterocycles. The highest BCUT2D eigenvalue weighted by Gasteiger charge is 2.29. The first-order valence-corrected chi connectivity index (χ1v) is 4.97. The van der Waals surface area contributed by atoms with Crippen LogP contribution in [0.15, 0.2) is 24.3 Å². The van der Waals surface area contributed by atoms with Gasteiger partial charge < -0.3 is 0 Å². The van der Waals surface area contributed by atoms with Crippen molar-refractivity contribution in [3.8, 4) is 0 Å². The van der Waals surface area contributed by atoms with Gasteiger partial charge in [-0.15, -0.1) is 0 Å². The molecule has 72 valence electrons. The van der Waals surface area contributed by atoms with E-state index in [4.69, 9.17) is 0 Å². The Morgan fingerprint density at radius 2 is 1.62 bits per heavy atom. The van der Waals surface area contributed by atoms with Gasteiger partial charge in [0.1, 0.15) is 0 Å². The fourth-order valence-electron chi connectivity index (χ4n) is 0.937. The number of halogens is 4. The van der Waals surface area contributed by atoms with Crippen LogP contribution in [-0.4, -0.2) is 0 Å². The van der Waals surface area contributed by atoms with Crippen LogP contribution in [-0.2, 0) is 6.18 Å². The zero-order chi connectivity index (χ0) is 10.1. The fraction of sp³-hybridized carbons (Fsp3) is 0.333. The summed E-state index contributed by atoms with van der Waals surface area (Å²) in [5, 5.41) is 0. The van der Waals surface area contributed by atoms with Gasteiger partial charge in [-0.05, 0) is 24.6 Å². The van der Waals surface area contributed by atoms with Crippen molar-refractivity contribution in [3.63, 3.8) is 0 Å². The van der Waals surface area contributed by atoms with E-state index >= 15 is 0 Å². The molecule has 0 bridgehead atoms. The second-order valence-corrected chi connectivity index (χ2v) is 4.60. The molecule has 0 radical (unpaired) electrons. The number of hydrogen-bond acceptors (Lipinski definition) is 0. The Balaban J connectivity index is 2.94. The lowest BCUT2D eigenvalue weighted by Gasteiger charge is -2.08. The molecule has 0 aromatic heterocycles. The first kappa shape index (κ1) is 10.8. The largest absolute Gasteiger partial charge is 0.416 e. The van der Waals surface area contributed by atoms with Crippen LogP contribution in [0.3, 0.4) is 0 Å². The lowest BCUT2D eigenvalue weighted by Crippen LogP contribution is -2.04. The van der Waals surface area contributed by atoms with Crippen LogP contribution in [0.5, 0.6) is 0 Å². The van der Waals surface area contributed by atoms with E-state index in [9.17, 15) is 13.2 Å². The van der Waals surface area contributed by atoms with Gasteiger partial charge in [0, 0.05) is 3.92 Å². The summed E-state index contributed by atoms with van der Waals surface area (Å²) in [6.45, 7) is 1.93. The maximum atomic E-state index is 12.1. The molecule has 1 aromatic carbocycles. The molecule has 13 heavy (non-hydrogen) atoms. The molecule has 0 heterocycles. The highest BCUT2D eigenvalue weighted by atomic mass is 127. The summed E-state index contributed by atoms with van der Waals surface area (Å²) in [7, 11) is 0. The maximum Gasteiger partial charge on any atom is 0.416 e. The van der Waals surface area contributed by atoms with Crippen molar-refractivity contribution in [3.05, 3.63) is 35.4 Å². The summed E-state index contributed by atoms with van der Waals surface area (Å²) < 4.78 is 36.6. The molecule has 0 saturated heterocycles. The van der Waals surface area contributed by atoms with Crippen molar-refractivity contribution in [2.24, 2.45) is 0 Å². The fourth-order valence-corrected chi connectivity index (χ4v) is 1.35. The third kappa shape index (κ3) is 2.86. The van der Waals surface area contributed by atoms with Gasteiger partial charge in [-0.1, -0.05) is 34.7 Å². The van der Waals surface area contributed by atoms with Crippen LogP contribution in [0.4, 0.5) is 13.2 Å². The number of alkyl halides is 4. The first-order chi connectivity index (χ1) is 5.91. The molecule has 0 aliphatic carbocycles. The van der Waals surface area contributed by atoms with Crippen LogP contribution in [0, 0.1) is 0 Å². The Bertz CT molecular complexity index is 274. The molecule has 1 aromatic rings. The van der Waals surface area contributed by atoms with Gasteiger partial charge in [-0.3, -0.25) is 0 Å². The number of rotatable bonds is 1. The second kappa shape index (κ2) is 3.86. The van der Waals surface area contributed by atoms with Crippen molar-refractivity contribution < 1.29 is 13.2 Å². The molecular formula is C9H8F3I. The van der Waals surface area contributed by atoms with E-state index in [-0.39, 0.29) is 3.92 Å². The molecule has 0 amide bonds. The molecule has 4 heteroatoms. The maximum absolute atomic E-state index is 12.1. The lowest BCUT2D eigenvalue weighted by atomic mass is 10.1. The molecule has 1 atom stereocenters. The molecule has 0 saturated carbocycles. The van der Waals surface area contributed by atoms with Crippen molar-refractivity contribution in [1.29, 1.82) is 0 Å². The van der Waals surface area contributed by atoms with Crippen molar-refractivity contribution in [1.82, 2.24) is 0 Å². The Morgan fingerprint density at radius 3 is 1.92 bits per heavy atom. The van der Waals surface area contributed by atoms with E-state index in [1.165, 1.54) is 12.1 Å². The summed E-state index contributed by atoms with van der Waals surface area (Å²) in [4.78, 5) is 0. The van der Waals surface area contributed by atoms with Crippen molar-refractivity contribution >= 4 is 22.6 Å². The van der Waals surface area contributed by atoms with Crippen LogP contribution >= 0.6 is 22.6 Å². The summed E-state index contributed by atoms with van der Waals surface area (Å²) in [6.07, 6.45) is -4.23. The third-order valence-corrected chi connectivity index (χ3v) is 2.42. The Labute approximate surface area is 88.3 Å². The molecule has 0 N–H and O–H groups in total. The van der Waals surface area contributed by atoms with Crippen molar-refractivity contribution in [2.75, 3.05) is 0 Å². The van der Waals surface area contributed by atoms with Gasteiger partial charge in [0.15, 0.2) is 0 Å². The van der Waals surface area contributed by atoms with Gasteiger partial charge in [-0.25, -0.2) is 0 Å². The van der Waals surface area contributed by atoms with Gasteiger partial charge in [0.2, 0.25) is 0 Å². The molecule has 0 fully saturated rings. The van der Waals surface area contributed by atoms with E-state index in [2.05, 4.69) is 22.6 Å². The van der Waals surface area contributed by atoms with E-state index in [1.807, 2.05) is 6.92 Å². The predicted octanol–water partition coefficient (Wildman–Crippen LogP) is 4.20. The highest BCUT2D eigenvalue weighted by molar-refractivity contribution is 14.1. The minimum absolute atomic E-state index is 0.236. The smallest absolute Gasteiger partial charge is 0.166 e. The Kier molecular flexibility index (Phi) is 3.21. The molecule has 0 spiro atoms. The summed E-state index contributed by atoms with van der Waals surface area (Å²) >= 11 is 2.16. The Hall–Kier alpha value is -0.260. The van der Waals surface area contributed by atoms with Crippen LogP contribution in [0.2, 0.25) is 0 Å². The first-order valence-electron chi connectivity index (χ1n) is 3.72. The standard InChI is InChI=1S/C9H8F3I/c1-6(13)7-2-4-8(5-3-7)9(10,11)12/h2-6H,1H3. The average molecular weight is 300 g/mol. The number of hydrogen-bond donors (Lipinski definition) is 0. The molecular weight excluding hydrogens is 292 g/mol. The van der Waals surface area contributed by atoms with Crippen LogP contribution in [0.1, 0.15) is 22.0 Å². The van der Waals surface area contributed by atoms with Crippen molar-refractivity contribution in [2.45, 2.75) is 17.0 Å². The third-order valence-electron chi connectivity index (χ3n) is 1.70. The minimum Gasteiger partial charge on any atom is -0.166 e. The van der Waals surface area contributed by atoms with Crippen LogP contribution in [0.25, 0.3) is 0 Å². The zero-order valence-corrected chi connectivity index (χ0v) is 9.06. The normalized spacial score (nSPS) is 14.2. The molecule has 1 rings (SSSR count). The van der Waals surface area contributed by atoms with Gasteiger partial charge in [0.05, 0.1) is 5.56 Å². The number of benzene rings is 1. The average Bonchev–Trinajstić information content (AvgIpc) is 2.03. The zero-order valence-electron chi connectivity index (χ0n) is 6.90. The lowest BCUT2D eigenvalue weighted by molar-refractivity contribution is -0.137. The van der Waals surface area contributed by atoms with E-state index in [0.29, 0.717) is 0 Å². The van der Waals surface area contributed by atoms with E-state index in [1.54, 1.807) is 0 Å². The van der Waals surface area contributed by atoms with E-state index in [0.717, 1.165) is 17.7 Å². The molecule has 0 aliphatic rings. The Morgan fingerprint density at radius 1 is 1.15 bits per heavy atom. The van der Waals surface area contributed by atoms with E-state index < -0.39 is 11.7 Å². The van der Waals surface area contributed by atoms with Gasteiger partial charge in [0.25, 0.3) is 0 Å². The van der Waals surface area contributed by atoms with Gasteiger partial charge in [-0.2, -0.15) is 13.2 Å². The monoisotopic (exact) mass is 300 g/mol. The quantitative estimate of drug-likeness (QED) is 0.538. The summed E-state index contributed by atoms with van der Waals surface area (Å²) in [6, 6.07) is 5.26. The second-order valence-electron chi connectivity index (χ2n) is 2.74. The highest BCUT2D eigenvalue weighted by Crippen LogP contribution is 2.31. The van der Waals surface area contributed by atoms with Crippen LogP contribution < -0.4 is 0 Å². The summed E-state index contributed by atoms with van der Waals surface area (Å²) in [5.41, 5.74) is 0.321. The summed E-state index contributed by atoms with van der Waals surface area (Å²) in [5.74, 6) is 0. The molecule has 0 nitrogen and oxygen atoms in total. The topological polar surface area (TPSA) is 0 Å². The SMILES string of the molecule is CC(I)c1ccc(C(F)(F)F)cc1. The predicted molar refractivity (Wildman–Crippen MR) is 53.9 cm³/mol. The molecule has 1 unspecified atom stereocenters. The minimum atomic E-state index is -4.23. The van der Waals surface area contributed by atoms with Gasteiger partial charge >= 0.3 is 6.18 Å².